The lowest BCUT2D eigenvalue weighted by molar-refractivity contribution is -0.245. The number of fused-ring (bicyclic) bond motifs is 3. The number of nitrogens with zero attached hydrogens (tertiary/aromatic N) is 2. The van der Waals surface area contributed by atoms with Crippen LogP contribution in [0.15, 0.2) is 70.5 Å². The lowest BCUT2D eigenvalue weighted by Crippen LogP contribution is -2.72. The maximum Gasteiger partial charge on any atom is 0.160 e. The van der Waals surface area contributed by atoms with Gasteiger partial charge in [0.05, 0.1) is 29.1 Å². The van der Waals surface area contributed by atoms with Crippen LogP contribution in [0.3, 0.4) is 0 Å². The number of allylic oxidation sites excluding steroid dienone is 2. The highest BCUT2D eigenvalue weighted by atomic mass is 16.6. The molecule has 6 aliphatic carbocycles. The molecular weight excluding hydrogens is 787 g/mol. The molecule has 3 saturated carbocycles. The number of Topliss-reactive ketones (excluding diaryl/α,β-unsaturated/α-hetero) is 2. The van der Waals surface area contributed by atoms with E-state index in [1.54, 1.807) is 0 Å². The molecule has 1 aromatic rings. The van der Waals surface area contributed by atoms with Crippen molar-refractivity contribution in [1.82, 2.24) is 10.2 Å². The van der Waals surface area contributed by atoms with Crippen molar-refractivity contribution >= 4 is 17.3 Å². The molecule has 340 valence electrons. The Morgan fingerprint density at radius 1 is 1.05 bits per heavy atom. The minimum Gasteiger partial charge on any atom is -0.390 e. The van der Waals surface area contributed by atoms with Crippen LogP contribution in [0.2, 0.25) is 0 Å². The van der Waals surface area contributed by atoms with Crippen molar-refractivity contribution in [2.45, 2.75) is 154 Å². The van der Waals surface area contributed by atoms with Crippen molar-refractivity contribution in [3.63, 3.8) is 0 Å². The number of rotatable bonds is 12. The Morgan fingerprint density at radius 3 is 2.54 bits per heavy atom. The van der Waals surface area contributed by atoms with E-state index < -0.39 is 27.9 Å². The van der Waals surface area contributed by atoms with Gasteiger partial charge in [0.15, 0.2) is 5.78 Å². The van der Waals surface area contributed by atoms with Crippen LogP contribution in [0.25, 0.3) is 0 Å². The predicted octanol–water partition coefficient (Wildman–Crippen LogP) is 8.13. The monoisotopic (exact) mass is 860 g/mol. The third kappa shape index (κ3) is 6.50. The zero-order valence-corrected chi connectivity index (χ0v) is 39.3. The van der Waals surface area contributed by atoms with E-state index >= 15 is 4.79 Å². The molecule has 9 nitrogen and oxygen atoms in total. The van der Waals surface area contributed by atoms with Crippen molar-refractivity contribution in [3.8, 4) is 0 Å². The van der Waals surface area contributed by atoms with Gasteiger partial charge in [0, 0.05) is 74.1 Å². The van der Waals surface area contributed by atoms with Crippen LogP contribution in [0.4, 0.5) is 0 Å². The largest absolute Gasteiger partial charge is 0.390 e. The summed E-state index contributed by atoms with van der Waals surface area (Å²) in [5, 5.41) is 29.2. The number of epoxide rings is 1. The molecule has 1 aromatic carbocycles. The summed E-state index contributed by atoms with van der Waals surface area (Å²) in [5.41, 5.74) is 4.82. The maximum absolute atomic E-state index is 15.1. The highest BCUT2D eigenvalue weighted by Gasteiger charge is 2.77. The first-order valence-electron chi connectivity index (χ1n) is 24.5. The molecule has 9 heteroatoms. The molecule has 10 aliphatic rings. The molecule has 11 rings (SSSR count). The van der Waals surface area contributed by atoms with Gasteiger partial charge < -0.3 is 29.9 Å². The molecule has 2 saturated heterocycles. The first kappa shape index (κ1) is 43.7. The van der Waals surface area contributed by atoms with Gasteiger partial charge in [-0.2, -0.15) is 0 Å². The maximum atomic E-state index is 15.1. The fourth-order valence-electron chi connectivity index (χ4n) is 16.2. The summed E-state index contributed by atoms with van der Waals surface area (Å²) in [6.07, 6.45) is 18.1. The third-order valence-corrected chi connectivity index (χ3v) is 19.0. The lowest BCUT2D eigenvalue weighted by atomic mass is 9.32. The van der Waals surface area contributed by atoms with Gasteiger partial charge >= 0.3 is 0 Å². The Labute approximate surface area is 375 Å². The van der Waals surface area contributed by atoms with Gasteiger partial charge in [-0.1, -0.05) is 63.6 Å². The highest BCUT2D eigenvalue weighted by molar-refractivity contribution is 6.09. The smallest absolute Gasteiger partial charge is 0.160 e. The number of carbonyl (C=O) groups excluding carboxylic acids is 2. The number of hydrogen-bond donors (Lipinski definition) is 3. The zero-order valence-electron chi connectivity index (χ0n) is 39.3. The van der Waals surface area contributed by atoms with Crippen LogP contribution in [0.1, 0.15) is 128 Å². The van der Waals surface area contributed by atoms with E-state index in [2.05, 4.69) is 87.5 Å². The fraction of sp³-hybridized carbons (Fsp3) is 0.685. The summed E-state index contributed by atoms with van der Waals surface area (Å²) < 4.78 is 11.6. The third-order valence-electron chi connectivity index (χ3n) is 19.0. The quantitative estimate of drug-likeness (QED) is 0.142. The van der Waals surface area contributed by atoms with Crippen LogP contribution < -0.4 is 5.32 Å². The summed E-state index contributed by atoms with van der Waals surface area (Å²) in [5.74, 6) is 0.390. The first-order valence-corrected chi connectivity index (χ1v) is 24.5. The molecule has 63 heavy (non-hydrogen) atoms. The Kier molecular flexibility index (Phi) is 10.5. The van der Waals surface area contributed by atoms with Crippen molar-refractivity contribution < 1.29 is 29.3 Å². The summed E-state index contributed by atoms with van der Waals surface area (Å²) in [4.78, 5) is 36.7. The molecule has 0 amide bonds. The van der Waals surface area contributed by atoms with Crippen LogP contribution in [-0.2, 0) is 25.5 Å². The minimum absolute atomic E-state index is 0.0575. The average Bonchev–Trinajstić information content (AvgIpc) is 3.48. The molecular formula is C54H73N3O6. The number of aliphatic hydroxyl groups excluding tert-OH is 1. The molecule has 5 fully saturated rings. The standard InChI is InChI=1S/C54H73N3O6/c1-32-24-34(27-36(25-32)35-13-22-62-23-14-35)28-37-30-57(39-12-20-56-46(37)39)31-38-45-44(33(2)26-40(58)47-49(3,4)63-47)41(59)29-53(45)15-9-16-54(38,61)48-51(6)17-11-43(60)50(5,19-21-55-8)42(51)10-18-52(48,53)7/h9,12,16,20,24-25,27,30,33,35,38-40,42,47-48,55,58,61H,10-11,13-15,17-19,21-23,26,28-29,31H2,1-8H3. The zero-order chi connectivity index (χ0) is 44.5. The van der Waals surface area contributed by atoms with Gasteiger partial charge in [0.2, 0.25) is 0 Å². The van der Waals surface area contributed by atoms with Crippen LogP contribution >= 0.6 is 0 Å². The van der Waals surface area contributed by atoms with Crippen LogP contribution in [-0.4, -0.2) is 95.2 Å². The Balaban J connectivity index is 1.08. The van der Waals surface area contributed by atoms with Crippen LogP contribution in [0.5, 0.6) is 0 Å². The SMILES string of the molecule is CNCCC1(C)C(=O)CCC2(C)C1CCC1(C)C2C2(O)C=CCC13CC(=O)C(C(C)CC(O)C1OC1(C)C)=C3C2CN1C=C(Cc2cc(C)cc(C3CCOCC3)c2)C2=NC=CC21. The van der Waals surface area contributed by atoms with Crippen molar-refractivity contribution in [3.05, 3.63) is 82.2 Å². The molecule has 0 radical (unpaired) electrons. The number of benzene rings is 1. The predicted molar refractivity (Wildman–Crippen MR) is 246 cm³/mol. The Hall–Kier alpha value is -3.21. The number of ether oxygens (including phenoxy) is 2. The van der Waals surface area contributed by atoms with E-state index in [0.717, 1.165) is 81.6 Å². The van der Waals surface area contributed by atoms with E-state index in [9.17, 15) is 15.0 Å². The van der Waals surface area contributed by atoms with E-state index in [1.807, 2.05) is 27.1 Å². The molecule has 3 N–H and O–H groups in total. The van der Waals surface area contributed by atoms with Gasteiger partial charge in [0.25, 0.3) is 0 Å². The summed E-state index contributed by atoms with van der Waals surface area (Å²) >= 11 is 0. The van der Waals surface area contributed by atoms with Gasteiger partial charge in [0.1, 0.15) is 11.9 Å². The van der Waals surface area contributed by atoms with Crippen LogP contribution in [0, 0.1) is 52.3 Å². The Bertz CT molecular complexity index is 2230. The molecule has 12 atom stereocenters. The second-order valence-corrected chi connectivity index (χ2v) is 23.0. The number of aliphatic hydroxyl groups is 2. The first-order chi connectivity index (χ1) is 29.9. The average molecular weight is 860 g/mol. The molecule has 4 aliphatic heterocycles. The summed E-state index contributed by atoms with van der Waals surface area (Å²) in [6, 6.07) is 7.01. The number of carbonyl (C=O) groups is 2. The number of nitrogens with one attached hydrogen (secondary N) is 1. The second-order valence-electron chi connectivity index (χ2n) is 23.0. The summed E-state index contributed by atoms with van der Waals surface area (Å²) in [7, 11) is 1.97. The van der Waals surface area contributed by atoms with Gasteiger partial charge in [-0.3, -0.25) is 14.6 Å². The van der Waals surface area contributed by atoms with Gasteiger partial charge in [-0.15, -0.1) is 0 Å². The lowest BCUT2D eigenvalue weighted by Gasteiger charge is -2.72. The van der Waals surface area contributed by atoms with Crippen molar-refractivity contribution in [2.75, 3.05) is 33.4 Å². The summed E-state index contributed by atoms with van der Waals surface area (Å²) in [6.45, 7) is 18.3. The van der Waals surface area contributed by atoms with E-state index in [4.69, 9.17) is 14.5 Å². The molecule has 12 unspecified atom stereocenters. The number of aryl methyl sites for hydroxylation is 1. The number of hydrogen-bond acceptors (Lipinski definition) is 9. The van der Waals surface area contributed by atoms with E-state index in [0.29, 0.717) is 43.9 Å². The van der Waals surface area contributed by atoms with Crippen molar-refractivity contribution in [2.24, 2.45) is 50.3 Å². The Morgan fingerprint density at radius 2 is 1.81 bits per heavy atom. The normalized spacial score (nSPS) is 40.9. The topological polar surface area (TPSA) is 124 Å². The fourth-order valence-corrected chi connectivity index (χ4v) is 16.2. The number of ketones is 2. The van der Waals surface area contributed by atoms with Crippen molar-refractivity contribution in [1.29, 1.82) is 0 Å². The second kappa shape index (κ2) is 15.2. The number of aliphatic imine (C=N–C) groups is 1. The van der Waals surface area contributed by atoms with Gasteiger partial charge in [-0.25, -0.2) is 0 Å². The molecule has 2 bridgehead atoms. The molecule has 1 spiro atoms. The highest BCUT2D eigenvalue weighted by Crippen LogP contribution is 2.79. The van der Waals surface area contributed by atoms with Gasteiger partial charge in [-0.05, 0) is 148 Å². The molecule has 4 heterocycles. The van der Waals surface area contributed by atoms with E-state index in [1.165, 1.54) is 22.3 Å². The minimum atomic E-state index is -1.29. The van der Waals surface area contributed by atoms with E-state index in [-0.39, 0.29) is 52.6 Å². The molecule has 0 aromatic heterocycles.